The highest BCUT2D eigenvalue weighted by molar-refractivity contribution is 8.00. The summed E-state index contributed by atoms with van der Waals surface area (Å²) < 4.78 is 15.0. The minimum Gasteiger partial charge on any atom is -0.325 e. The van der Waals surface area contributed by atoms with Crippen molar-refractivity contribution in [2.45, 2.75) is 17.3 Å². The third-order valence-corrected chi connectivity index (χ3v) is 6.16. The number of benzene rings is 3. The lowest BCUT2D eigenvalue weighted by atomic mass is 10.2. The molecule has 1 unspecified atom stereocenters. The Morgan fingerprint density at radius 1 is 1.18 bits per heavy atom. The highest BCUT2D eigenvalue weighted by Gasteiger charge is 2.22. The molecule has 0 aliphatic rings. The van der Waals surface area contributed by atoms with Crippen LogP contribution >= 0.6 is 23.4 Å². The van der Waals surface area contributed by atoms with Crippen molar-refractivity contribution in [1.29, 1.82) is 0 Å². The van der Waals surface area contributed by atoms with E-state index < -0.39 is 27.6 Å². The second-order valence-corrected chi connectivity index (χ2v) is 8.95. The van der Waals surface area contributed by atoms with E-state index in [4.69, 9.17) is 11.6 Å². The van der Waals surface area contributed by atoms with Gasteiger partial charge in [0.25, 0.3) is 5.56 Å². The first-order chi connectivity index (χ1) is 16.2. The molecule has 0 saturated carbocycles. The molecule has 11 heteroatoms. The number of thioether (sulfide) groups is 1. The molecule has 1 atom stereocenters. The summed E-state index contributed by atoms with van der Waals surface area (Å²) in [6, 6.07) is 16.6. The summed E-state index contributed by atoms with van der Waals surface area (Å²) in [5.41, 5.74) is -0.0412. The van der Waals surface area contributed by atoms with E-state index in [-0.39, 0.29) is 16.4 Å². The molecule has 0 radical (unpaired) electrons. The summed E-state index contributed by atoms with van der Waals surface area (Å²) in [5, 5.41) is 13.8. The number of carbonyl (C=O) groups is 1. The van der Waals surface area contributed by atoms with Crippen LogP contribution in [-0.4, -0.2) is 25.6 Å². The van der Waals surface area contributed by atoms with E-state index in [0.29, 0.717) is 21.6 Å². The maximum atomic E-state index is 13.6. The Balaban J connectivity index is 1.69. The highest BCUT2D eigenvalue weighted by atomic mass is 35.5. The average Bonchev–Trinajstić information content (AvgIpc) is 2.80. The third-order valence-electron chi connectivity index (χ3n) is 4.87. The zero-order valence-corrected chi connectivity index (χ0v) is 19.1. The van der Waals surface area contributed by atoms with Crippen molar-refractivity contribution in [3.63, 3.8) is 0 Å². The number of aromatic nitrogens is 2. The van der Waals surface area contributed by atoms with E-state index in [1.165, 1.54) is 10.6 Å². The van der Waals surface area contributed by atoms with Crippen molar-refractivity contribution < 1.29 is 14.1 Å². The molecule has 172 valence electrons. The largest absolute Gasteiger partial charge is 0.325 e. The van der Waals surface area contributed by atoms with Gasteiger partial charge in [-0.2, -0.15) is 4.39 Å². The second-order valence-electron chi connectivity index (χ2n) is 7.20. The molecule has 3 aromatic carbocycles. The molecule has 0 saturated heterocycles. The number of nitro benzene ring substituents is 1. The van der Waals surface area contributed by atoms with E-state index in [1.807, 2.05) is 0 Å². The minimum atomic E-state index is -1.00. The Morgan fingerprint density at radius 3 is 2.68 bits per heavy atom. The topological polar surface area (TPSA) is 107 Å². The number of nitrogens with zero attached hydrogens (tertiary/aromatic N) is 3. The van der Waals surface area contributed by atoms with Crippen LogP contribution in [0.1, 0.15) is 6.92 Å². The lowest BCUT2D eigenvalue weighted by molar-refractivity contribution is -0.387. The van der Waals surface area contributed by atoms with Crippen molar-refractivity contribution in [2.75, 3.05) is 5.32 Å². The van der Waals surface area contributed by atoms with E-state index in [0.717, 1.165) is 23.9 Å². The monoisotopic (exact) mass is 498 g/mol. The van der Waals surface area contributed by atoms with Crippen LogP contribution < -0.4 is 10.9 Å². The zero-order chi connectivity index (χ0) is 24.4. The molecule has 0 bridgehead atoms. The predicted octanol–water partition coefficient (Wildman–Crippen LogP) is 5.21. The molecule has 0 aliphatic heterocycles. The van der Waals surface area contributed by atoms with E-state index in [2.05, 4.69) is 10.3 Å². The van der Waals surface area contributed by atoms with Gasteiger partial charge in [0.1, 0.15) is 0 Å². The SMILES string of the molecule is CC(Sc1nc2ccccc2c(=O)n1-c1cccc(Cl)c1)C(=O)Nc1ccc(F)c([N+](=O)[O-])c1. The number of para-hydroxylation sites is 1. The molecule has 0 aliphatic carbocycles. The van der Waals surface area contributed by atoms with Crippen LogP contribution in [0.5, 0.6) is 0 Å². The summed E-state index contributed by atoms with van der Waals surface area (Å²) in [6.45, 7) is 1.60. The summed E-state index contributed by atoms with van der Waals surface area (Å²) in [4.78, 5) is 40.8. The van der Waals surface area contributed by atoms with Crippen LogP contribution in [0.15, 0.2) is 76.7 Å². The van der Waals surface area contributed by atoms with Gasteiger partial charge in [0, 0.05) is 16.8 Å². The molecule has 0 spiro atoms. The molecule has 1 heterocycles. The lowest BCUT2D eigenvalue weighted by Crippen LogP contribution is -2.26. The van der Waals surface area contributed by atoms with Crippen LogP contribution in [0.2, 0.25) is 5.02 Å². The van der Waals surface area contributed by atoms with Crippen molar-refractivity contribution >= 4 is 51.5 Å². The van der Waals surface area contributed by atoms with Gasteiger partial charge in [0.2, 0.25) is 11.7 Å². The number of rotatable bonds is 6. The van der Waals surface area contributed by atoms with Gasteiger partial charge < -0.3 is 5.32 Å². The standard InChI is InChI=1S/C23H16ClFN4O4S/c1-13(21(30)26-15-9-10-18(25)20(12-15)29(32)33)34-23-27-19-8-3-2-7-17(19)22(31)28(23)16-6-4-5-14(24)11-16/h2-13H,1H3,(H,26,30). The number of carbonyl (C=O) groups excluding carboxylic acids is 1. The van der Waals surface area contributed by atoms with Gasteiger partial charge in [-0.25, -0.2) is 4.98 Å². The van der Waals surface area contributed by atoms with Crippen molar-refractivity contribution in [1.82, 2.24) is 9.55 Å². The zero-order valence-electron chi connectivity index (χ0n) is 17.6. The highest BCUT2D eigenvalue weighted by Crippen LogP contribution is 2.28. The summed E-state index contributed by atoms with van der Waals surface area (Å²) in [6.07, 6.45) is 0. The molecule has 4 aromatic rings. The van der Waals surface area contributed by atoms with Crippen LogP contribution in [0.25, 0.3) is 16.6 Å². The molecular formula is C23H16ClFN4O4S. The summed E-state index contributed by atoms with van der Waals surface area (Å²) in [7, 11) is 0. The number of nitrogens with one attached hydrogen (secondary N) is 1. The number of amides is 1. The van der Waals surface area contributed by atoms with E-state index in [1.54, 1.807) is 55.5 Å². The number of fused-ring (bicyclic) bond motifs is 1. The number of hydrogen-bond acceptors (Lipinski definition) is 6. The summed E-state index contributed by atoms with van der Waals surface area (Å²) >= 11 is 7.16. The Bertz CT molecular complexity index is 1490. The minimum absolute atomic E-state index is 0.0734. The van der Waals surface area contributed by atoms with E-state index in [9.17, 15) is 24.1 Å². The molecule has 0 fully saturated rings. The lowest BCUT2D eigenvalue weighted by Gasteiger charge is -2.16. The third kappa shape index (κ3) is 4.78. The van der Waals surface area contributed by atoms with Gasteiger partial charge in [-0.05, 0) is 49.4 Å². The Morgan fingerprint density at radius 2 is 1.94 bits per heavy atom. The van der Waals surface area contributed by atoms with Gasteiger partial charge in [0.05, 0.1) is 26.8 Å². The molecule has 4 rings (SSSR count). The molecule has 8 nitrogen and oxygen atoms in total. The Labute approximate surface area is 201 Å². The first-order valence-electron chi connectivity index (χ1n) is 9.94. The van der Waals surface area contributed by atoms with Gasteiger partial charge in [-0.15, -0.1) is 0 Å². The van der Waals surface area contributed by atoms with E-state index >= 15 is 0 Å². The number of nitro groups is 1. The first-order valence-corrected chi connectivity index (χ1v) is 11.2. The Hall–Kier alpha value is -3.76. The van der Waals surface area contributed by atoms with Crippen LogP contribution in [-0.2, 0) is 4.79 Å². The van der Waals surface area contributed by atoms with Gasteiger partial charge in [-0.3, -0.25) is 24.3 Å². The molecule has 1 amide bonds. The maximum absolute atomic E-state index is 13.6. The smallest absolute Gasteiger partial charge is 0.306 e. The normalized spacial score (nSPS) is 11.9. The van der Waals surface area contributed by atoms with Crippen LogP contribution in [0, 0.1) is 15.9 Å². The second kappa shape index (κ2) is 9.62. The van der Waals surface area contributed by atoms with Crippen molar-refractivity contribution in [3.05, 3.63) is 98.0 Å². The predicted molar refractivity (Wildman–Crippen MR) is 129 cm³/mol. The maximum Gasteiger partial charge on any atom is 0.306 e. The number of anilines is 1. The molecule has 1 N–H and O–H groups in total. The fourth-order valence-electron chi connectivity index (χ4n) is 3.22. The number of halogens is 2. The van der Waals surface area contributed by atoms with Crippen LogP contribution in [0.4, 0.5) is 15.8 Å². The molecule has 34 heavy (non-hydrogen) atoms. The van der Waals surface area contributed by atoms with Gasteiger partial charge in [-0.1, -0.05) is 41.6 Å². The average molecular weight is 499 g/mol. The van der Waals surface area contributed by atoms with Crippen LogP contribution in [0.3, 0.4) is 0 Å². The van der Waals surface area contributed by atoms with Gasteiger partial charge in [0.15, 0.2) is 5.16 Å². The molecular weight excluding hydrogens is 483 g/mol. The fraction of sp³-hybridized carbons (Fsp3) is 0.0870. The fourth-order valence-corrected chi connectivity index (χ4v) is 4.33. The first kappa shape index (κ1) is 23.4. The van der Waals surface area contributed by atoms with Crippen molar-refractivity contribution in [2.24, 2.45) is 0 Å². The van der Waals surface area contributed by atoms with Gasteiger partial charge >= 0.3 is 5.69 Å². The van der Waals surface area contributed by atoms with Crippen molar-refractivity contribution in [3.8, 4) is 5.69 Å². The quantitative estimate of drug-likeness (QED) is 0.169. The Kier molecular flexibility index (Phi) is 6.62. The molecule has 1 aromatic heterocycles. The summed E-state index contributed by atoms with van der Waals surface area (Å²) in [5.74, 6) is -1.51. The number of hydrogen-bond donors (Lipinski definition) is 1.